The van der Waals surface area contributed by atoms with Crippen molar-refractivity contribution < 1.29 is 9.50 Å². The number of phenols is 1. The van der Waals surface area contributed by atoms with Crippen molar-refractivity contribution in [3.8, 4) is 17.0 Å². The first-order valence-corrected chi connectivity index (χ1v) is 5.66. The number of aromatic amines is 1. The summed E-state index contributed by atoms with van der Waals surface area (Å²) in [5.74, 6) is -0.174. The minimum atomic E-state index is -0.466. The molecule has 1 aromatic heterocycles. The SMILES string of the molecule is CCC(C)c1cc(-c2ccc(O)cc2F)n[nH]1. The fourth-order valence-electron chi connectivity index (χ4n) is 1.66. The Bertz CT molecular complexity index is 522. The molecule has 1 aromatic carbocycles. The predicted molar refractivity (Wildman–Crippen MR) is 64.4 cm³/mol. The van der Waals surface area contributed by atoms with Gasteiger partial charge < -0.3 is 5.11 Å². The van der Waals surface area contributed by atoms with Crippen molar-refractivity contribution in [1.29, 1.82) is 0 Å². The van der Waals surface area contributed by atoms with Crippen LogP contribution in [0.1, 0.15) is 31.9 Å². The maximum atomic E-state index is 13.6. The quantitative estimate of drug-likeness (QED) is 0.854. The summed E-state index contributed by atoms with van der Waals surface area (Å²) in [5.41, 5.74) is 1.96. The van der Waals surface area contributed by atoms with Crippen LogP contribution in [0.15, 0.2) is 24.3 Å². The highest BCUT2D eigenvalue weighted by Crippen LogP contribution is 2.27. The predicted octanol–water partition coefficient (Wildman–Crippen LogP) is 3.43. The topological polar surface area (TPSA) is 48.9 Å². The number of hydrogen-bond acceptors (Lipinski definition) is 2. The number of aromatic nitrogens is 2. The first-order chi connectivity index (χ1) is 8.11. The maximum Gasteiger partial charge on any atom is 0.136 e. The average molecular weight is 234 g/mol. The van der Waals surface area contributed by atoms with Crippen molar-refractivity contribution in [1.82, 2.24) is 10.2 Å². The molecule has 1 atom stereocenters. The van der Waals surface area contributed by atoms with E-state index in [1.54, 1.807) is 0 Å². The van der Waals surface area contributed by atoms with E-state index < -0.39 is 5.82 Å². The second-order valence-electron chi connectivity index (χ2n) is 4.18. The van der Waals surface area contributed by atoms with Crippen molar-refractivity contribution in [2.24, 2.45) is 0 Å². The fourth-order valence-corrected chi connectivity index (χ4v) is 1.66. The number of benzene rings is 1. The molecule has 0 radical (unpaired) electrons. The molecule has 0 fully saturated rings. The van der Waals surface area contributed by atoms with E-state index in [9.17, 15) is 4.39 Å². The van der Waals surface area contributed by atoms with Gasteiger partial charge >= 0.3 is 0 Å². The van der Waals surface area contributed by atoms with Gasteiger partial charge in [0.05, 0.1) is 5.69 Å². The van der Waals surface area contributed by atoms with Crippen LogP contribution < -0.4 is 0 Å². The third-order valence-corrected chi connectivity index (χ3v) is 2.97. The van der Waals surface area contributed by atoms with Gasteiger partial charge in [0, 0.05) is 17.3 Å². The highest BCUT2D eigenvalue weighted by Gasteiger charge is 2.12. The molecular formula is C13H15FN2O. The largest absolute Gasteiger partial charge is 0.508 e. The summed E-state index contributed by atoms with van der Waals surface area (Å²) in [6, 6.07) is 5.92. The molecule has 0 aliphatic heterocycles. The number of nitrogens with zero attached hydrogens (tertiary/aromatic N) is 1. The van der Waals surface area contributed by atoms with E-state index in [4.69, 9.17) is 5.11 Å². The lowest BCUT2D eigenvalue weighted by atomic mass is 10.0. The zero-order chi connectivity index (χ0) is 12.4. The molecule has 0 saturated carbocycles. The molecule has 4 heteroatoms. The minimum absolute atomic E-state index is 0.0797. The molecule has 90 valence electrons. The molecular weight excluding hydrogens is 219 g/mol. The number of aromatic hydroxyl groups is 1. The normalized spacial score (nSPS) is 12.6. The van der Waals surface area contributed by atoms with E-state index in [1.165, 1.54) is 12.1 Å². The summed E-state index contributed by atoms with van der Waals surface area (Å²) < 4.78 is 13.6. The molecule has 2 rings (SSSR count). The molecule has 0 saturated heterocycles. The summed E-state index contributed by atoms with van der Waals surface area (Å²) in [6.07, 6.45) is 1.000. The van der Waals surface area contributed by atoms with Gasteiger partial charge in [-0.3, -0.25) is 5.10 Å². The molecule has 0 aliphatic rings. The lowest BCUT2D eigenvalue weighted by Crippen LogP contribution is -1.90. The van der Waals surface area contributed by atoms with Crippen molar-refractivity contribution in [2.45, 2.75) is 26.2 Å². The first-order valence-electron chi connectivity index (χ1n) is 5.66. The van der Waals surface area contributed by atoms with Gasteiger partial charge in [0.1, 0.15) is 11.6 Å². The van der Waals surface area contributed by atoms with Crippen LogP contribution in [0, 0.1) is 5.82 Å². The highest BCUT2D eigenvalue weighted by atomic mass is 19.1. The third kappa shape index (κ3) is 2.30. The first kappa shape index (κ1) is 11.6. The Balaban J connectivity index is 2.37. The molecule has 2 N–H and O–H groups in total. The van der Waals surface area contributed by atoms with E-state index in [-0.39, 0.29) is 5.75 Å². The molecule has 0 bridgehead atoms. The summed E-state index contributed by atoms with van der Waals surface area (Å²) >= 11 is 0. The minimum Gasteiger partial charge on any atom is -0.508 e. The second kappa shape index (κ2) is 4.57. The van der Waals surface area contributed by atoms with Crippen LogP contribution >= 0.6 is 0 Å². The summed E-state index contributed by atoms with van der Waals surface area (Å²) in [7, 11) is 0. The van der Waals surface area contributed by atoms with Crippen molar-refractivity contribution >= 4 is 0 Å². The maximum absolute atomic E-state index is 13.6. The van der Waals surface area contributed by atoms with Gasteiger partial charge in [0.15, 0.2) is 0 Å². The van der Waals surface area contributed by atoms with Crippen LogP contribution in [0.4, 0.5) is 4.39 Å². The van der Waals surface area contributed by atoms with Crippen LogP contribution in [0.3, 0.4) is 0 Å². The van der Waals surface area contributed by atoms with Crippen LogP contribution in [0.2, 0.25) is 0 Å². The third-order valence-electron chi connectivity index (χ3n) is 2.97. The summed E-state index contributed by atoms with van der Waals surface area (Å²) in [6.45, 7) is 4.18. The Kier molecular flexibility index (Phi) is 3.13. The Labute approximate surface area is 99.3 Å². The molecule has 1 heterocycles. The Morgan fingerprint density at radius 1 is 1.41 bits per heavy atom. The molecule has 3 nitrogen and oxygen atoms in total. The number of rotatable bonds is 3. The van der Waals surface area contributed by atoms with Gasteiger partial charge in [-0.1, -0.05) is 13.8 Å². The molecule has 0 aliphatic carbocycles. The van der Waals surface area contributed by atoms with Crippen molar-refractivity contribution in [3.05, 3.63) is 35.8 Å². The van der Waals surface area contributed by atoms with Crippen LogP contribution in [0.25, 0.3) is 11.3 Å². The smallest absolute Gasteiger partial charge is 0.136 e. The zero-order valence-electron chi connectivity index (χ0n) is 9.87. The number of H-pyrrole nitrogens is 1. The number of hydrogen-bond donors (Lipinski definition) is 2. The zero-order valence-corrected chi connectivity index (χ0v) is 9.87. The average Bonchev–Trinajstić information content (AvgIpc) is 2.77. The molecule has 17 heavy (non-hydrogen) atoms. The van der Waals surface area contributed by atoms with Gasteiger partial charge in [-0.25, -0.2) is 4.39 Å². The van der Waals surface area contributed by atoms with E-state index in [0.29, 0.717) is 17.2 Å². The second-order valence-corrected chi connectivity index (χ2v) is 4.18. The van der Waals surface area contributed by atoms with Crippen LogP contribution in [0.5, 0.6) is 5.75 Å². The Morgan fingerprint density at radius 2 is 2.18 bits per heavy atom. The lowest BCUT2D eigenvalue weighted by Gasteiger charge is -2.02. The van der Waals surface area contributed by atoms with Gasteiger partial charge in [0.2, 0.25) is 0 Å². The van der Waals surface area contributed by atoms with E-state index in [1.807, 2.05) is 6.07 Å². The number of phenolic OH excluding ortho intramolecular Hbond substituents is 1. The monoisotopic (exact) mass is 234 g/mol. The molecule has 0 amide bonds. The molecule has 2 aromatic rings. The Morgan fingerprint density at radius 3 is 2.82 bits per heavy atom. The van der Waals surface area contributed by atoms with E-state index >= 15 is 0 Å². The van der Waals surface area contributed by atoms with Crippen LogP contribution in [-0.4, -0.2) is 15.3 Å². The summed E-state index contributed by atoms with van der Waals surface area (Å²) in [4.78, 5) is 0. The standard InChI is InChI=1S/C13H15FN2O/c1-3-8(2)12-7-13(16-15-12)10-5-4-9(17)6-11(10)14/h4-8,17H,3H2,1-2H3,(H,15,16). The lowest BCUT2D eigenvalue weighted by molar-refractivity contribution is 0.469. The van der Waals surface area contributed by atoms with Gasteiger partial charge in [-0.05, 0) is 30.5 Å². The molecule has 0 spiro atoms. The summed E-state index contributed by atoms with van der Waals surface area (Å²) in [5, 5.41) is 16.2. The highest BCUT2D eigenvalue weighted by molar-refractivity contribution is 5.61. The van der Waals surface area contributed by atoms with Gasteiger partial charge in [-0.15, -0.1) is 0 Å². The van der Waals surface area contributed by atoms with E-state index in [0.717, 1.165) is 18.2 Å². The van der Waals surface area contributed by atoms with Crippen molar-refractivity contribution in [3.63, 3.8) is 0 Å². The number of nitrogens with one attached hydrogen (secondary N) is 1. The van der Waals surface area contributed by atoms with Gasteiger partial charge in [0.25, 0.3) is 0 Å². The van der Waals surface area contributed by atoms with E-state index in [2.05, 4.69) is 24.0 Å². The molecule has 1 unspecified atom stereocenters. The van der Waals surface area contributed by atoms with Crippen molar-refractivity contribution in [2.75, 3.05) is 0 Å². The van der Waals surface area contributed by atoms with Gasteiger partial charge in [-0.2, -0.15) is 5.10 Å². The Hall–Kier alpha value is -1.84. The fraction of sp³-hybridized carbons (Fsp3) is 0.308. The number of halogens is 1. The van der Waals surface area contributed by atoms with Crippen LogP contribution in [-0.2, 0) is 0 Å².